The number of carbonyl (C=O) groups excluding carboxylic acids is 1. The molecule has 0 aromatic heterocycles. The largest absolute Gasteiger partial charge is 0.396 e. The van der Waals surface area contributed by atoms with Crippen molar-refractivity contribution >= 4 is 22.9 Å². The van der Waals surface area contributed by atoms with Crippen LogP contribution in [-0.2, 0) is 4.79 Å². The smallest absolute Gasteiger partial charge is 0.217 e. The molecule has 1 amide bonds. The van der Waals surface area contributed by atoms with E-state index in [2.05, 4.69) is 10.6 Å². The van der Waals surface area contributed by atoms with Gasteiger partial charge in [0, 0.05) is 18.9 Å². The third-order valence-corrected chi connectivity index (χ3v) is 2.92. The molecule has 1 rings (SSSR count). The van der Waals surface area contributed by atoms with Crippen molar-refractivity contribution in [3.63, 3.8) is 0 Å². The molecular formula is C9H19BrN2O4. The molecule has 0 aliphatic heterocycles. The minimum atomic E-state index is -1.05. The number of likely N-dealkylation sites (N-methyl/N-ethyl adjacent to an activating group) is 1. The van der Waals surface area contributed by atoms with E-state index in [4.69, 9.17) is 5.11 Å². The van der Waals surface area contributed by atoms with Gasteiger partial charge in [-0.1, -0.05) is 0 Å². The second kappa shape index (κ2) is 6.51. The Hall–Kier alpha value is -0.210. The fraction of sp³-hybridized carbons (Fsp3) is 0.889. The normalized spacial score (nSPS) is 37.9. The molecule has 0 aromatic rings. The van der Waals surface area contributed by atoms with Gasteiger partial charge in [0.05, 0.1) is 18.8 Å². The van der Waals surface area contributed by atoms with Crippen molar-refractivity contribution < 1.29 is 20.1 Å². The summed E-state index contributed by atoms with van der Waals surface area (Å²) in [5.41, 5.74) is 0. The zero-order valence-electron chi connectivity index (χ0n) is 9.25. The van der Waals surface area contributed by atoms with Gasteiger partial charge in [-0.25, -0.2) is 0 Å². The lowest BCUT2D eigenvalue weighted by molar-refractivity contribution is -0.120. The molecule has 0 bridgehead atoms. The van der Waals surface area contributed by atoms with Crippen LogP contribution in [0.25, 0.3) is 0 Å². The topological polar surface area (TPSA) is 102 Å². The molecule has 1 saturated carbocycles. The van der Waals surface area contributed by atoms with Crippen LogP contribution in [0.2, 0.25) is 0 Å². The van der Waals surface area contributed by atoms with Gasteiger partial charge in [0.15, 0.2) is 0 Å². The Labute approximate surface area is 105 Å². The van der Waals surface area contributed by atoms with Gasteiger partial charge in [0.25, 0.3) is 0 Å². The zero-order valence-corrected chi connectivity index (χ0v) is 11.0. The molecule has 7 heteroatoms. The summed E-state index contributed by atoms with van der Waals surface area (Å²) in [6.07, 6.45) is -2.08. The molecule has 6 nitrogen and oxygen atoms in total. The van der Waals surface area contributed by atoms with Crippen LogP contribution in [0.1, 0.15) is 6.92 Å². The van der Waals surface area contributed by atoms with Crippen LogP contribution in [0.5, 0.6) is 0 Å². The molecule has 0 aromatic carbocycles. The molecule has 5 atom stereocenters. The lowest BCUT2D eigenvalue weighted by atomic mass is 10.0. The fourth-order valence-electron chi connectivity index (χ4n) is 2.18. The van der Waals surface area contributed by atoms with Crippen LogP contribution < -0.4 is 10.6 Å². The molecule has 1 fully saturated rings. The second-order valence-electron chi connectivity index (χ2n) is 3.87. The van der Waals surface area contributed by atoms with Crippen molar-refractivity contribution in [1.29, 1.82) is 0 Å². The van der Waals surface area contributed by atoms with Crippen LogP contribution in [0, 0.1) is 5.92 Å². The standard InChI is InChI=1S/C9H18N2O4.BrH/c1-4(13)11-7-6(10-2)5(3-12)8(14)9(7)15;/h5-10,12,14-15H,3H2,1-2H3,(H,11,13);1H/t5-,6+,7-,8+,9+;/m0./s1. The van der Waals surface area contributed by atoms with Crippen LogP contribution in [0.4, 0.5) is 0 Å². The molecule has 96 valence electrons. The van der Waals surface area contributed by atoms with E-state index in [-0.39, 0.29) is 35.5 Å². The number of nitrogens with one attached hydrogen (secondary N) is 2. The summed E-state index contributed by atoms with van der Waals surface area (Å²) in [5, 5.41) is 33.9. The van der Waals surface area contributed by atoms with Gasteiger partial charge in [0.2, 0.25) is 5.91 Å². The van der Waals surface area contributed by atoms with Gasteiger partial charge in [0.1, 0.15) is 6.10 Å². The highest BCUT2D eigenvalue weighted by Gasteiger charge is 2.48. The average molecular weight is 299 g/mol. The van der Waals surface area contributed by atoms with Gasteiger partial charge >= 0.3 is 0 Å². The lowest BCUT2D eigenvalue weighted by Crippen LogP contribution is -2.51. The second-order valence-corrected chi connectivity index (χ2v) is 3.87. The number of hydrogen-bond donors (Lipinski definition) is 5. The molecule has 5 N–H and O–H groups in total. The summed E-state index contributed by atoms with van der Waals surface area (Å²) in [4.78, 5) is 10.9. The van der Waals surface area contributed by atoms with E-state index < -0.39 is 24.2 Å². The van der Waals surface area contributed by atoms with E-state index in [1.165, 1.54) is 6.92 Å². The summed E-state index contributed by atoms with van der Waals surface area (Å²) < 4.78 is 0. The first-order valence-electron chi connectivity index (χ1n) is 4.94. The summed E-state index contributed by atoms with van der Waals surface area (Å²) in [5.74, 6) is -0.744. The molecule has 0 heterocycles. The zero-order chi connectivity index (χ0) is 11.6. The molecular weight excluding hydrogens is 280 g/mol. The Morgan fingerprint density at radius 2 is 1.81 bits per heavy atom. The molecule has 0 spiro atoms. The van der Waals surface area contributed by atoms with Crippen LogP contribution >= 0.6 is 17.0 Å². The maximum atomic E-state index is 10.9. The number of amides is 1. The first-order valence-corrected chi connectivity index (χ1v) is 4.94. The first-order chi connectivity index (χ1) is 7.02. The lowest BCUT2D eigenvalue weighted by Gasteiger charge is -2.24. The third kappa shape index (κ3) is 2.92. The maximum absolute atomic E-state index is 10.9. The van der Waals surface area contributed by atoms with E-state index in [1.54, 1.807) is 7.05 Å². The van der Waals surface area contributed by atoms with Crippen molar-refractivity contribution in [3.05, 3.63) is 0 Å². The van der Waals surface area contributed by atoms with Crippen molar-refractivity contribution in [2.75, 3.05) is 13.7 Å². The Kier molecular flexibility index (Phi) is 6.42. The van der Waals surface area contributed by atoms with Crippen molar-refractivity contribution in [2.24, 2.45) is 5.92 Å². The molecule has 0 radical (unpaired) electrons. The highest BCUT2D eigenvalue weighted by molar-refractivity contribution is 8.93. The minimum Gasteiger partial charge on any atom is -0.396 e. The summed E-state index contributed by atoms with van der Waals surface area (Å²) in [7, 11) is 1.66. The average Bonchev–Trinajstić information content (AvgIpc) is 2.41. The number of aliphatic hydroxyl groups is 3. The minimum absolute atomic E-state index is 0. The van der Waals surface area contributed by atoms with Crippen LogP contribution in [0.3, 0.4) is 0 Å². The SMILES string of the molecule is Br.CN[C@@H]1[C@H](CO)[C@@H](O)[C@H](O)[C@H]1NC(C)=O. The van der Waals surface area contributed by atoms with Gasteiger partial charge in [-0.05, 0) is 7.05 Å². The molecule has 1 aliphatic carbocycles. The predicted molar refractivity (Wildman–Crippen MR) is 63.4 cm³/mol. The highest BCUT2D eigenvalue weighted by Crippen LogP contribution is 2.26. The van der Waals surface area contributed by atoms with Crippen molar-refractivity contribution in [2.45, 2.75) is 31.2 Å². The van der Waals surface area contributed by atoms with Gasteiger partial charge < -0.3 is 26.0 Å². The number of hydrogen-bond acceptors (Lipinski definition) is 5. The van der Waals surface area contributed by atoms with Gasteiger partial charge in [-0.2, -0.15) is 0 Å². The van der Waals surface area contributed by atoms with Gasteiger partial charge in [-0.3, -0.25) is 4.79 Å². The Bertz CT molecular complexity index is 242. The number of halogens is 1. The van der Waals surface area contributed by atoms with E-state index in [9.17, 15) is 15.0 Å². The Balaban J connectivity index is 0.00000225. The molecule has 16 heavy (non-hydrogen) atoms. The Morgan fingerprint density at radius 1 is 1.25 bits per heavy atom. The molecule has 1 aliphatic rings. The molecule has 0 unspecified atom stereocenters. The number of rotatable bonds is 3. The first kappa shape index (κ1) is 15.8. The third-order valence-electron chi connectivity index (χ3n) is 2.92. The highest BCUT2D eigenvalue weighted by atomic mass is 79.9. The van der Waals surface area contributed by atoms with E-state index in [0.717, 1.165) is 0 Å². The Morgan fingerprint density at radius 3 is 2.19 bits per heavy atom. The summed E-state index contributed by atoms with van der Waals surface area (Å²) in [6, 6.07) is -0.899. The van der Waals surface area contributed by atoms with Gasteiger partial charge in [-0.15, -0.1) is 17.0 Å². The quantitative estimate of drug-likeness (QED) is 0.415. The predicted octanol–water partition coefficient (Wildman–Crippen LogP) is -2.00. The fourth-order valence-corrected chi connectivity index (χ4v) is 2.18. The van der Waals surface area contributed by atoms with Crippen molar-refractivity contribution in [1.82, 2.24) is 10.6 Å². The van der Waals surface area contributed by atoms with Crippen LogP contribution in [-0.4, -0.2) is 59.2 Å². The number of carbonyl (C=O) groups is 1. The summed E-state index contributed by atoms with van der Waals surface area (Å²) >= 11 is 0. The number of aliphatic hydroxyl groups excluding tert-OH is 3. The van der Waals surface area contributed by atoms with Crippen molar-refractivity contribution in [3.8, 4) is 0 Å². The monoisotopic (exact) mass is 298 g/mol. The molecule has 0 saturated heterocycles. The maximum Gasteiger partial charge on any atom is 0.217 e. The van der Waals surface area contributed by atoms with Crippen LogP contribution in [0.15, 0.2) is 0 Å². The van der Waals surface area contributed by atoms with E-state index in [1.807, 2.05) is 0 Å². The summed E-state index contributed by atoms with van der Waals surface area (Å²) in [6.45, 7) is 1.11. The van der Waals surface area contributed by atoms with E-state index >= 15 is 0 Å². The van der Waals surface area contributed by atoms with E-state index in [0.29, 0.717) is 0 Å².